The van der Waals surface area contributed by atoms with Crippen molar-refractivity contribution in [1.29, 1.82) is 0 Å². The van der Waals surface area contributed by atoms with Crippen LogP contribution in [0.2, 0.25) is 5.02 Å². The maximum absolute atomic E-state index is 12.8. The minimum absolute atomic E-state index is 0.0288. The fourth-order valence-electron chi connectivity index (χ4n) is 4.23. The van der Waals surface area contributed by atoms with E-state index in [2.05, 4.69) is 4.98 Å². The SMILES string of the molecule is CCOC(=O)[C@@H](c1ccc(Cl)cc1)N1CCN(C(=O)CCn2cnc3ccccc3c2=O)CC1. The second kappa shape index (κ2) is 10.8. The molecule has 0 bridgehead atoms. The second-order valence-corrected chi connectivity index (χ2v) is 8.57. The maximum atomic E-state index is 12.8. The molecule has 1 amide bonds. The third kappa shape index (κ3) is 5.29. The molecule has 178 valence electrons. The number of esters is 1. The molecule has 1 fully saturated rings. The lowest BCUT2D eigenvalue weighted by Gasteiger charge is -2.38. The van der Waals surface area contributed by atoms with E-state index in [0.29, 0.717) is 48.7 Å². The zero-order valence-electron chi connectivity index (χ0n) is 19.0. The molecule has 1 saturated heterocycles. The first-order chi connectivity index (χ1) is 16.5. The number of benzene rings is 2. The zero-order valence-corrected chi connectivity index (χ0v) is 19.8. The van der Waals surface area contributed by atoms with E-state index >= 15 is 0 Å². The van der Waals surface area contributed by atoms with Gasteiger partial charge in [0.05, 0.1) is 23.8 Å². The Morgan fingerprint density at radius 3 is 2.47 bits per heavy atom. The van der Waals surface area contributed by atoms with Crippen LogP contribution in [0.5, 0.6) is 0 Å². The number of ether oxygens (including phenoxy) is 1. The number of rotatable bonds is 7. The van der Waals surface area contributed by atoms with E-state index in [9.17, 15) is 14.4 Å². The highest BCUT2D eigenvalue weighted by Gasteiger charge is 2.32. The van der Waals surface area contributed by atoms with Gasteiger partial charge in [-0.05, 0) is 36.8 Å². The van der Waals surface area contributed by atoms with E-state index in [1.165, 1.54) is 10.9 Å². The largest absolute Gasteiger partial charge is 0.465 e. The minimum Gasteiger partial charge on any atom is -0.465 e. The highest BCUT2D eigenvalue weighted by atomic mass is 35.5. The van der Waals surface area contributed by atoms with Crippen LogP contribution in [0.4, 0.5) is 0 Å². The molecule has 0 radical (unpaired) electrons. The Morgan fingerprint density at radius 1 is 1.06 bits per heavy atom. The highest BCUT2D eigenvalue weighted by molar-refractivity contribution is 6.30. The first kappa shape index (κ1) is 23.9. The van der Waals surface area contributed by atoms with Crippen LogP contribution in [0.3, 0.4) is 0 Å². The maximum Gasteiger partial charge on any atom is 0.328 e. The number of carbonyl (C=O) groups is 2. The number of nitrogens with zero attached hydrogens (tertiary/aromatic N) is 4. The van der Waals surface area contributed by atoms with Gasteiger partial charge in [0.1, 0.15) is 6.04 Å². The molecule has 1 aliphatic heterocycles. The van der Waals surface area contributed by atoms with Gasteiger partial charge in [0.25, 0.3) is 5.56 Å². The Kier molecular flexibility index (Phi) is 7.59. The summed E-state index contributed by atoms with van der Waals surface area (Å²) in [4.78, 5) is 46.3. The van der Waals surface area contributed by atoms with Gasteiger partial charge in [-0.3, -0.25) is 19.1 Å². The first-order valence-corrected chi connectivity index (χ1v) is 11.7. The minimum atomic E-state index is -0.545. The summed E-state index contributed by atoms with van der Waals surface area (Å²) in [6.07, 6.45) is 1.70. The molecule has 0 spiro atoms. The third-order valence-corrected chi connectivity index (χ3v) is 6.28. The molecule has 0 saturated carbocycles. The number of halogens is 1. The van der Waals surface area contributed by atoms with Gasteiger partial charge in [-0.25, -0.2) is 9.78 Å². The van der Waals surface area contributed by atoms with Crippen LogP contribution in [0, 0.1) is 0 Å². The quantitative estimate of drug-likeness (QED) is 0.481. The average Bonchev–Trinajstić information content (AvgIpc) is 2.85. The average molecular weight is 483 g/mol. The number of hydrogen-bond donors (Lipinski definition) is 0. The summed E-state index contributed by atoms with van der Waals surface area (Å²) in [6.45, 7) is 4.41. The number of para-hydroxylation sites is 1. The van der Waals surface area contributed by atoms with Gasteiger partial charge in [0.15, 0.2) is 0 Å². The lowest BCUT2D eigenvalue weighted by molar-refractivity contribution is -0.151. The van der Waals surface area contributed by atoms with Gasteiger partial charge < -0.3 is 9.64 Å². The number of carbonyl (C=O) groups excluding carboxylic acids is 2. The lowest BCUT2D eigenvalue weighted by atomic mass is 10.0. The summed E-state index contributed by atoms with van der Waals surface area (Å²) in [5.74, 6) is -0.341. The van der Waals surface area contributed by atoms with Crippen molar-refractivity contribution in [3.05, 3.63) is 75.8 Å². The smallest absolute Gasteiger partial charge is 0.328 e. The summed E-state index contributed by atoms with van der Waals surface area (Å²) in [5, 5.41) is 1.14. The molecule has 2 aromatic carbocycles. The van der Waals surface area contributed by atoms with Gasteiger partial charge in [-0.15, -0.1) is 0 Å². The second-order valence-electron chi connectivity index (χ2n) is 8.13. The molecule has 4 rings (SSSR count). The van der Waals surface area contributed by atoms with Gasteiger partial charge in [0.2, 0.25) is 5.91 Å². The molecule has 9 heteroatoms. The molecule has 0 aliphatic carbocycles. The van der Waals surface area contributed by atoms with Crippen molar-refractivity contribution in [2.45, 2.75) is 25.9 Å². The van der Waals surface area contributed by atoms with Crippen LogP contribution >= 0.6 is 11.6 Å². The molecule has 2 heterocycles. The van der Waals surface area contributed by atoms with Crippen molar-refractivity contribution >= 4 is 34.4 Å². The topological polar surface area (TPSA) is 84.7 Å². The Labute approximate surface area is 202 Å². The molecule has 0 N–H and O–H groups in total. The predicted octanol–water partition coefficient (Wildman–Crippen LogP) is 2.89. The normalized spacial score (nSPS) is 15.3. The van der Waals surface area contributed by atoms with Crippen LogP contribution < -0.4 is 5.56 Å². The van der Waals surface area contributed by atoms with E-state index in [-0.39, 0.29) is 30.4 Å². The van der Waals surface area contributed by atoms with Crippen LogP contribution in [0.1, 0.15) is 24.9 Å². The number of piperazine rings is 1. The third-order valence-electron chi connectivity index (χ3n) is 6.03. The number of hydrogen-bond acceptors (Lipinski definition) is 6. The Balaban J connectivity index is 1.38. The zero-order chi connectivity index (χ0) is 24.1. The van der Waals surface area contributed by atoms with Gasteiger partial charge in [-0.2, -0.15) is 0 Å². The van der Waals surface area contributed by atoms with Crippen LogP contribution in [-0.4, -0.2) is 64.0 Å². The molecular formula is C25H27ClN4O4. The Morgan fingerprint density at radius 2 is 1.76 bits per heavy atom. The number of aromatic nitrogens is 2. The molecular weight excluding hydrogens is 456 g/mol. The van der Waals surface area contributed by atoms with Crippen molar-refractivity contribution in [1.82, 2.24) is 19.4 Å². The molecule has 1 aromatic heterocycles. The fraction of sp³-hybridized carbons (Fsp3) is 0.360. The predicted molar refractivity (Wildman–Crippen MR) is 130 cm³/mol. The summed E-state index contributed by atoms with van der Waals surface area (Å²) in [6, 6.07) is 13.8. The molecule has 1 atom stereocenters. The van der Waals surface area contributed by atoms with Crippen LogP contribution in [-0.2, 0) is 20.9 Å². The van der Waals surface area contributed by atoms with E-state index in [4.69, 9.17) is 16.3 Å². The van der Waals surface area contributed by atoms with Gasteiger partial charge in [0, 0.05) is 44.2 Å². The van der Waals surface area contributed by atoms with Crippen molar-refractivity contribution in [2.75, 3.05) is 32.8 Å². The van der Waals surface area contributed by atoms with Crippen molar-refractivity contribution < 1.29 is 14.3 Å². The molecule has 0 unspecified atom stereocenters. The Hall–Kier alpha value is -3.23. The van der Waals surface area contributed by atoms with Gasteiger partial charge in [-0.1, -0.05) is 35.9 Å². The number of amides is 1. The van der Waals surface area contributed by atoms with Gasteiger partial charge >= 0.3 is 5.97 Å². The lowest BCUT2D eigenvalue weighted by Crippen LogP contribution is -2.51. The molecule has 1 aliphatic rings. The highest BCUT2D eigenvalue weighted by Crippen LogP contribution is 2.25. The monoisotopic (exact) mass is 482 g/mol. The Bertz CT molecular complexity index is 1220. The van der Waals surface area contributed by atoms with Crippen molar-refractivity contribution in [3.8, 4) is 0 Å². The standard InChI is InChI=1S/C25H27ClN4O4/c1-2-34-25(33)23(18-7-9-19(26)10-8-18)29-15-13-28(14-16-29)22(31)11-12-30-17-27-21-6-4-3-5-20(21)24(30)32/h3-10,17,23H,2,11-16H2,1H3/t23-/m1/s1. The van der Waals surface area contributed by atoms with E-state index in [0.717, 1.165) is 5.56 Å². The van der Waals surface area contributed by atoms with Crippen molar-refractivity contribution in [3.63, 3.8) is 0 Å². The summed E-state index contributed by atoms with van der Waals surface area (Å²) < 4.78 is 6.79. The molecule has 3 aromatic rings. The van der Waals surface area contributed by atoms with Crippen LogP contribution in [0.15, 0.2) is 59.7 Å². The van der Waals surface area contributed by atoms with E-state index in [1.807, 2.05) is 23.1 Å². The van der Waals surface area contributed by atoms with E-state index in [1.54, 1.807) is 42.2 Å². The summed E-state index contributed by atoms with van der Waals surface area (Å²) >= 11 is 6.01. The van der Waals surface area contributed by atoms with Crippen LogP contribution in [0.25, 0.3) is 10.9 Å². The summed E-state index contributed by atoms with van der Waals surface area (Å²) in [5.41, 5.74) is 1.30. The number of fused-ring (bicyclic) bond motifs is 1. The molecule has 8 nitrogen and oxygen atoms in total. The summed E-state index contributed by atoms with van der Waals surface area (Å²) in [7, 11) is 0. The number of aryl methyl sites for hydroxylation is 1. The molecule has 34 heavy (non-hydrogen) atoms. The fourth-order valence-corrected chi connectivity index (χ4v) is 4.36. The first-order valence-electron chi connectivity index (χ1n) is 11.4. The van der Waals surface area contributed by atoms with Crippen molar-refractivity contribution in [2.24, 2.45) is 0 Å². The van der Waals surface area contributed by atoms with E-state index < -0.39 is 6.04 Å².